The third-order valence-electron chi connectivity index (χ3n) is 10.9. The van der Waals surface area contributed by atoms with Crippen molar-refractivity contribution in [2.75, 3.05) is 0 Å². The molecule has 3 heterocycles. The number of furan rings is 1. The molecule has 59 heavy (non-hydrogen) atoms. The number of para-hydroxylation sites is 1. The summed E-state index contributed by atoms with van der Waals surface area (Å²) >= 11 is 0. The molecule has 11 aromatic rings. The first-order valence-corrected chi connectivity index (χ1v) is 19.7. The van der Waals surface area contributed by atoms with Gasteiger partial charge in [0.25, 0.3) is 0 Å². The number of aromatic nitrogens is 4. The van der Waals surface area contributed by atoms with Gasteiger partial charge in [-0.2, -0.15) is 0 Å². The molecule has 0 saturated carbocycles. The van der Waals surface area contributed by atoms with E-state index in [0.717, 1.165) is 88.6 Å². The Labute approximate surface area is 341 Å². The van der Waals surface area contributed by atoms with Crippen LogP contribution in [0.3, 0.4) is 0 Å². The number of benzene rings is 8. The molecule has 5 heteroatoms. The molecule has 276 valence electrons. The highest BCUT2D eigenvalue weighted by molar-refractivity contribution is 6.21. The van der Waals surface area contributed by atoms with Gasteiger partial charge in [-0.1, -0.05) is 176 Å². The lowest BCUT2D eigenvalue weighted by molar-refractivity contribution is 0.669. The summed E-state index contributed by atoms with van der Waals surface area (Å²) in [6.07, 6.45) is 0. The van der Waals surface area contributed by atoms with Gasteiger partial charge in [-0.15, -0.1) is 0 Å². The smallest absolute Gasteiger partial charge is 0.164 e. The molecule has 0 unspecified atom stereocenters. The molecule has 5 nitrogen and oxygen atoms in total. The van der Waals surface area contributed by atoms with E-state index in [0.29, 0.717) is 17.5 Å². The van der Waals surface area contributed by atoms with Crippen molar-refractivity contribution in [3.05, 3.63) is 206 Å². The molecule has 0 aliphatic rings. The maximum Gasteiger partial charge on any atom is 0.164 e. The monoisotopic (exact) mass is 754 g/mol. The SMILES string of the molecule is c1ccc(-c2ccc(-c3nc(-c4ccccc4)nc(-c4cccc(-c5cccc(-c6ccc7nc(-c8ccccc8)c8oc9ccccc9c8c7c6)c5)c4)n3)cc2)cc1. The summed E-state index contributed by atoms with van der Waals surface area (Å²) in [6, 6.07) is 71.1. The van der Waals surface area contributed by atoms with Crippen molar-refractivity contribution in [3.63, 3.8) is 0 Å². The Kier molecular flexibility index (Phi) is 8.41. The van der Waals surface area contributed by atoms with E-state index in [4.69, 9.17) is 24.4 Å². The van der Waals surface area contributed by atoms with Gasteiger partial charge in [0, 0.05) is 38.4 Å². The lowest BCUT2D eigenvalue weighted by Crippen LogP contribution is -2.00. The van der Waals surface area contributed by atoms with Gasteiger partial charge in [-0.25, -0.2) is 19.9 Å². The quantitative estimate of drug-likeness (QED) is 0.162. The van der Waals surface area contributed by atoms with Crippen LogP contribution in [0.1, 0.15) is 0 Å². The summed E-state index contributed by atoms with van der Waals surface area (Å²) in [6.45, 7) is 0. The molecular weight excluding hydrogens is 721 g/mol. The van der Waals surface area contributed by atoms with Crippen molar-refractivity contribution in [3.8, 4) is 78.8 Å². The Morgan fingerprint density at radius 3 is 1.39 bits per heavy atom. The summed E-state index contributed by atoms with van der Waals surface area (Å²) < 4.78 is 6.53. The molecule has 0 atom stereocenters. The molecule has 0 bridgehead atoms. The zero-order chi connectivity index (χ0) is 39.1. The fraction of sp³-hybridized carbons (Fsp3) is 0. The van der Waals surface area contributed by atoms with E-state index in [2.05, 4.69) is 140 Å². The highest BCUT2D eigenvalue weighted by atomic mass is 16.3. The van der Waals surface area contributed by atoms with Crippen molar-refractivity contribution < 1.29 is 4.42 Å². The average molecular weight is 755 g/mol. The predicted molar refractivity (Wildman–Crippen MR) is 240 cm³/mol. The molecule has 8 aromatic carbocycles. The molecule has 0 aliphatic heterocycles. The normalized spacial score (nSPS) is 11.4. The Bertz CT molecular complexity index is 3310. The molecule has 0 amide bonds. The second kappa shape index (κ2) is 14.5. The van der Waals surface area contributed by atoms with Crippen LogP contribution in [0.5, 0.6) is 0 Å². The van der Waals surface area contributed by atoms with Crippen molar-refractivity contribution >= 4 is 32.8 Å². The number of hydrogen-bond acceptors (Lipinski definition) is 5. The third-order valence-corrected chi connectivity index (χ3v) is 10.9. The van der Waals surface area contributed by atoms with Crippen LogP contribution in [0, 0.1) is 0 Å². The Morgan fingerprint density at radius 2 is 0.729 bits per heavy atom. The van der Waals surface area contributed by atoms with E-state index in [1.54, 1.807) is 0 Å². The fourth-order valence-corrected chi connectivity index (χ4v) is 7.96. The van der Waals surface area contributed by atoms with Crippen LogP contribution in [0.2, 0.25) is 0 Å². The number of rotatable bonds is 7. The van der Waals surface area contributed by atoms with Gasteiger partial charge in [0.05, 0.1) is 5.52 Å². The van der Waals surface area contributed by atoms with Gasteiger partial charge in [0.15, 0.2) is 23.1 Å². The zero-order valence-electron chi connectivity index (χ0n) is 31.8. The molecule has 0 N–H and O–H groups in total. The lowest BCUT2D eigenvalue weighted by Gasteiger charge is -2.11. The summed E-state index contributed by atoms with van der Waals surface area (Å²) in [5.41, 5.74) is 13.9. The molecule has 0 radical (unpaired) electrons. The van der Waals surface area contributed by atoms with Gasteiger partial charge < -0.3 is 4.42 Å². The number of pyridine rings is 1. The molecule has 0 fully saturated rings. The maximum absolute atomic E-state index is 6.53. The molecule has 11 rings (SSSR count). The van der Waals surface area contributed by atoms with Crippen molar-refractivity contribution in [1.29, 1.82) is 0 Å². The second-order valence-corrected chi connectivity index (χ2v) is 14.6. The number of fused-ring (bicyclic) bond motifs is 5. The van der Waals surface area contributed by atoms with E-state index < -0.39 is 0 Å². The van der Waals surface area contributed by atoms with Crippen LogP contribution in [-0.4, -0.2) is 19.9 Å². The highest BCUT2D eigenvalue weighted by Crippen LogP contribution is 2.41. The first kappa shape index (κ1) is 34.2. The number of nitrogens with zero attached hydrogens (tertiary/aromatic N) is 4. The minimum absolute atomic E-state index is 0.618. The molecule has 3 aromatic heterocycles. The molecule has 0 spiro atoms. The van der Waals surface area contributed by atoms with E-state index in [-0.39, 0.29) is 0 Å². The van der Waals surface area contributed by atoms with Gasteiger partial charge in [0.2, 0.25) is 0 Å². The summed E-state index contributed by atoms with van der Waals surface area (Å²) in [5, 5.41) is 3.22. The Balaban J connectivity index is 0.984. The van der Waals surface area contributed by atoms with E-state index in [1.807, 2.05) is 66.7 Å². The molecular formula is C54H34N4O. The Morgan fingerprint density at radius 1 is 0.288 bits per heavy atom. The van der Waals surface area contributed by atoms with E-state index >= 15 is 0 Å². The van der Waals surface area contributed by atoms with Crippen molar-refractivity contribution in [1.82, 2.24) is 19.9 Å². The third kappa shape index (κ3) is 6.41. The van der Waals surface area contributed by atoms with E-state index in [1.165, 1.54) is 5.56 Å². The van der Waals surface area contributed by atoms with Crippen LogP contribution < -0.4 is 0 Å². The van der Waals surface area contributed by atoms with E-state index in [9.17, 15) is 0 Å². The van der Waals surface area contributed by atoms with Crippen LogP contribution in [0.15, 0.2) is 211 Å². The van der Waals surface area contributed by atoms with Crippen molar-refractivity contribution in [2.24, 2.45) is 0 Å². The van der Waals surface area contributed by atoms with Gasteiger partial charge in [-0.05, 0) is 63.7 Å². The lowest BCUT2D eigenvalue weighted by atomic mass is 9.96. The second-order valence-electron chi connectivity index (χ2n) is 14.6. The summed E-state index contributed by atoms with van der Waals surface area (Å²) in [7, 11) is 0. The van der Waals surface area contributed by atoms with Crippen LogP contribution in [-0.2, 0) is 0 Å². The molecule has 0 saturated heterocycles. The largest absolute Gasteiger partial charge is 0.454 e. The van der Waals surface area contributed by atoms with Crippen LogP contribution in [0.4, 0.5) is 0 Å². The summed E-state index contributed by atoms with van der Waals surface area (Å²) in [4.78, 5) is 20.2. The maximum atomic E-state index is 6.53. The van der Waals surface area contributed by atoms with Crippen molar-refractivity contribution in [2.45, 2.75) is 0 Å². The van der Waals surface area contributed by atoms with Crippen LogP contribution >= 0.6 is 0 Å². The topological polar surface area (TPSA) is 64.7 Å². The standard InChI is InChI=1S/C54H34N4O/c1-4-14-35(15-5-1)36-26-28-39(29-27-36)53-56-52(38-18-8-3-9-19-38)57-54(58-53)44-23-13-22-42(33-44)40-20-12-21-41(32-40)43-30-31-47-46(34-43)49-45-24-10-11-25-48(45)59-51(49)50(55-47)37-16-6-2-7-17-37/h1-34H. The molecule has 0 aliphatic carbocycles. The average Bonchev–Trinajstić information content (AvgIpc) is 3.72. The first-order valence-electron chi connectivity index (χ1n) is 19.7. The summed E-state index contributed by atoms with van der Waals surface area (Å²) in [5.74, 6) is 1.88. The zero-order valence-corrected chi connectivity index (χ0v) is 31.8. The van der Waals surface area contributed by atoms with Gasteiger partial charge >= 0.3 is 0 Å². The highest BCUT2D eigenvalue weighted by Gasteiger charge is 2.19. The number of hydrogen-bond donors (Lipinski definition) is 0. The minimum atomic E-state index is 0.618. The van der Waals surface area contributed by atoms with Gasteiger partial charge in [0.1, 0.15) is 11.3 Å². The predicted octanol–water partition coefficient (Wildman–Crippen LogP) is 14.0. The first-order chi connectivity index (χ1) is 29.2. The minimum Gasteiger partial charge on any atom is -0.454 e. The van der Waals surface area contributed by atoms with Gasteiger partial charge in [-0.3, -0.25) is 0 Å². The van der Waals surface area contributed by atoms with Crippen LogP contribution in [0.25, 0.3) is 112 Å². The fourth-order valence-electron chi connectivity index (χ4n) is 7.96. The Hall–Kier alpha value is -8.02.